The molecule has 1 aromatic heterocycles. The summed E-state index contributed by atoms with van der Waals surface area (Å²) in [7, 11) is -3.83. The molecule has 12 heteroatoms. The van der Waals surface area contributed by atoms with E-state index in [4.69, 9.17) is 12.2 Å². The summed E-state index contributed by atoms with van der Waals surface area (Å²) in [6.45, 7) is 0. The molecule has 0 aliphatic carbocycles. The van der Waals surface area contributed by atoms with Crippen LogP contribution in [0.3, 0.4) is 0 Å². The van der Waals surface area contributed by atoms with Crippen LogP contribution in [0.25, 0.3) is 5.57 Å². The molecule has 0 spiro atoms. The lowest BCUT2D eigenvalue weighted by molar-refractivity contribution is -0.138. The van der Waals surface area contributed by atoms with Crippen molar-refractivity contribution >= 4 is 45.2 Å². The highest BCUT2D eigenvalue weighted by molar-refractivity contribution is 7.90. The van der Waals surface area contributed by atoms with Crippen molar-refractivity contribution in [3.05, 3.63) is 72.5 Å². The minimum absolute atomic E-state index is 0.141. The van der Waals surface area contributed by atoms with Crippen LogP contribution in [-0.2, 0) is 22.4 Å². The summed E-state index contributed by atoms with van der Waals surface area (Å²) >= 11 is 6.11. The number of sulfone groups is 1. The van der Waals surface area contributed by atoms with Gasteiger partial charge in [0.2, 0.25) is 5.88 Å². The first-order valence-electron chi connectivity index (χ1n) is 9.00. The van der Waals surface area contributed by atoms with Crippen molar-refractivity contribution < 1.29 is 26.7 Å². The van der Waals surface area contributed by atoms with Crippen molar-refractivity contribution in [1.82, 2.24) is 4.98 Å². The number of nitrogens with one attached hydrogen (secondary N) is 1. The fourth-order valence-electron chi connectivity index (χ4n) is 3.32. The Bertz CT molecular complexity index is 1550. The predicted molar refractivity (Wildman–Crippen MR) is 117 cm³/mol. The summed E-state index contributed by atoms with van der Waals surface area (Å²) in [6, 6.07) is 7.99. The first-order chi connectivity index (χ1) is 14.9. The zero-order chi connectivity index (χ0) is 23.3. The zero-order valence-electron chi connectivity index (χ0n) is 16.3. The fraction of sp³-hybridized carbons (Fsp3) is 0.150. The monoisotopic (exact) mass is 497 g/mol. The average molecular weight is 498 g/mol. The van der Waals surface area contributed by atoms with Crippen LogP contribution in [-0.4, -0.2) is 31.0 Å². The summed E-state index contributed by atoms with van der Waals surface area (Å²) in [5.74, 6) is -0.254. The van der Waals surface area contributed by atoms with Crippen molar-refractivity contribution in [3.63, 3.8) is 0 Å². The number of thiazole rings is 1. The van der Waals surface area contributed by atoms with E-state index in [-0.39, 0.29) is 21.8 Å². The molecule has 4 rings (SSSR count). The summed E-state index contributed by atoms with van der Waals surface area (Å²) in [6.07, 6.45) is -2.64. The number of alkyl halides is 3. The number of rotatable bonds is 4. The van der Waals surface area contributed by atoms with Gasteiger partial charge in [-0.1, -0.05) is 12.1 Å². The van der Waals surface area contributed by atoms with Crippen molar-refractivity contribution in [2.75, 3.05) is 6.26 Å². The fourth-order valence-corrected chi connectivity index (χ4v) is 5.11. The molecule has 1 aliphatic heterocycles. The summed E-state index contributed by atoms with van der Waals surface area (Å²) in [5, 5.41) is 19.3. The van der Waals surface area contributed by atoms with Gasteiger partial charge in [0, 0.05) is 18.2 Å². The quantitative estimate of drug-likeness (QED) is 0.541. The molecule has 1 aliphatic rings. The molecule has 0 saturated carbocycles. The number of aromatic amines is 1. The largest absolute Gasteiger partial charge is 0.494 e. The van der Waals surface area contributed by atoms with Crippen molar-refractivity contribution in [2.24, 2.45) is 10.2 Å². The maximum absolute atomic E-state index is 13.8. The highest BCUT2D eigenvalue weighted by atomic mass is 32.2. The Morgan fingerprint density at radius 2 is 1.97 bits per heavy atom. The maximum atomic E-state index is 13.8. The van der Waals surface area contributed by atoms with Crippen LogP contribution in [0.2, 0.25) is 0 Å². The lowest BCUT2D eigenvalue weighted by atomic mass is 9.96. The number of H-pyrrole nitrogens is 1. The molecule has 2 N–H and O–H groups in total. The van der Waals surface area contributed by atoms with Crippen molar-refractivity contribution in [2.45, 2.75) is 17.5 Å². The number of fused-ring (bicyclic) bond motifs is 1. The van der Waals surface area contributed by atoms with Gasteiger partial charge in [0.15, 0.2) is 13.8 Å². The Morgan fingerprint density at radius 1 is 1.22 bits per heavy atom. The first kappa shape index (κ1) is 22.4. The molecule has 0 radical (unpaired) electrons. The normalized spacial score (nSPS) is 14.2. The zero-order valence-corrected chi connectivity index (χ0v) is 18.7. The van der Waals surface area contributed by atoms with E-state index in [1.807, 2.05) is 0 Å². The number of halogens is 3. The van der Waals surface area contributed by atoms with E-state index in [2.05, 4.69) is 15.2 Å². The van der Waals surface area contributed by atoms with Gasteiger partial charge in [-0.3, -0.25) is 0 Å². The summed E-state index contributed by atoms with van der Waals surface area (Å²) < 4.78 is 65.4. The molecular formula is C20H14F3N3O3S3. The van der Waals surface area contributed by atoms with Gasteiger partial charge in [-0.05, 0) is 52.8 Å². The highest BCUT2D eigenvalue weighted by Crippen LogP contribution is 2.37. The van der Waals surface area contributed by atoms with Crippen LogP contribution in [0, 0.1) is 3.95 Å². The Kier molecular flexibility index (Phi) is 5.55. The molecule has 166 valence electrons. The Balaban J connectivity index is 1.97. The minimum atomic E-state index is -4.78. The van der Waals surface area contributed by atoms with Gasteiger partial charge >= 0.3 is 6.18 Å². The van der Waals surface area contributed by atoms with Gasteiger partial charge in [0.05, 0.1) is 26.9 Å². The first-order valence-corrected chi connectivity index (χ1v) is 12.1. The number of aromatic nitrogens is 1. The van der Waals surface area contributed by atoms with E-state index in [0.29, 0.717) is 32.7 Å². The molecule has 2 heterocycles. The molecule has 2 aromatic carbocycles. The van der Waals surface area contributed by atoms with E-state index in [9.17, 15) is 26.7 Å². The third-order valence-corrected chi connectivity index (χ3v) is 7.22. The minimum Gasteiger partial charge on any atom is -0.494 e. The summed E-state index contributed by atoms with van der Waals surface area (Å²) in [4.78, 5) is 2.46. The van der Waals surface area contributed by atoms with E-state index in [0.717, 1.165) is 29.7 Å². The van der Waals surface area contributed by atoms with Crippen LogP contribution in [0.15, 0.2) is 51.5 Å². The third kappa shape index (κ3) is 4.38. The van der Waals surface area contributed by atoms with Gasteiger partial charge in [-0.2, -0.15) is 23.4 Å². The van der Waals surface area contributed by atoms with E-state index in [1.54, 1.807) is 18.2 Å². The molecule has 0 bridgehead atoms. The van der Waals surface area contributed by atoms with Gasteiger partial charge in [-0.25, -0.2) is 8.42 Å². The van der Waals surface area contributed by atoms with Crippen LogP contribution in [0.5, 0.6) is 5.88 Å². The third-order valence-electron chi connectivity index (χ3n) is 4.82. The van der Waals surface area contributed by atoms with E-state index < -0.39 is 26.5 Å². The molecule has 32 heavy (non-hydrogen) atoms. The van der Waals surface area contributed by atoms with Gasteiger partial charge in [0.1, 0.15) is 0 Å². The van der Waals surface area contributed by atoms with Crippen LogP contribution >= 0.6 is 23.6 Å². The van der Waals surface area contributed by atoms with Crippen LogP contribution < -0.4 is 10.6 Å². The molecule has 0 fully saturated rings. The number of nitrogens with zero attached hydrogens (tertiary/aromatic N) is 2. The molecule has 3 aromatic rings. The smallest absolute Gasteiger partial charge is 0.416 e. The Labute approximate surface area is 189 Å². The number of aromatic hydroxyl groups is 1. The van der Waals surface area contributed by atoms with E-state index in [1.165, 1.54) is 6.21 Å². The number of benzene rings is 2. The standard InChI is InChI=1S/C20H14F3N3O3S3/c1-32(28,29)13-4-2-11(15(8-13)20(21,22)23)7-14(17-18(27)25-19(30)31-17)10-3-5-16-12(6-10)9-24-26-16/h2-6,8-9,27H,7H2,1H3,(H,25,30). The molecule has 0 atom stereocenters. The van der Waals surface area contributed by atoms with E-state index >= 15 is 0 Å². The van der Waals surface area contributed by atoms with Crippen molar-refractivity contribution in [1.29, 1.82) is 0 Å². The van der Waals surface area contributed by atoms with Crippen LogP contribution in [0.4, 0.5) is 13.2 Å². The SMILES string of the molecule is CS(=O)(=O)c1ccc(CC(c2sc(=S)[nH]c2O)=c2ccc3c(c2)C=NN=3)c(C(F)(F)F)c1. The molecule has 0 amide bonds. The lowest BCUT2D eigenvalue weighted by Gasteiger charge is -2.16. The van der Waals surface area contributed by atoms with Gasteiger partial charge in [-0.15, -0.1) is 11.3 Å². The van der Waals surface area contributed by atoms with Crippen molar-refractivity contribution in [3.8, 4) is 5.88 Å². The second kappa shape index (κ2) is 7.94. The number of hydrogen-bond acceptors (Lipinski definition) is 7. The van der Waals surface area contributed by atoms with Crippen LogP contribution in [0.1, 0.15) is 21.6 Å². The number of hydrogen-bond donors (Lipinski definition) is 2. The molecule has 0 unspecified atom stereocenters. The molecule has 0 saturated heterocycles. The Hall–Kier alpha value is -2.83. The van der Waals surface area contributed by atoms with Gasteiger partial charge in [0.25, 0.3) is 0 Å². The molecule has 6 nitrogen and oxygen atoms in total. The maximum Gasteiger partial charge on any atom is 0.416 e. The summed E-state index contributed by atoms with van der Waals surface area (Å²) in [5.41, 5.74) is -0.130. The Morgan fingerprint density at radius 3 is 2.59 bits per heavy atom. The average Bonchev–Trinajstić information content (AvgIpc) is 3.29. The second-order valence-electron chi connectivity index (χ2n) is 7.05. The predicted octanol–water partition coefficient (Wildman–Crippen LogP) is 3.34. The van der Waals surface area contributed by atoms with Gasteiger partial charge < -0.3 is 10.1 Å². The lowest BCUT2D eigenvalue weighted by Crippen LogP contribution is -2.17. The topological polar surface area (TPSA) is 94.9 Å². The highest BCUT2D eigenvalue weighted by Gasteiger charge is 2.34. The second-order valence-corrected chi connectivity index (χ2v) is 10.8. The molecular weight excluding hydrogens is 483 g/mol.